The van der Waals surface area contributed by atoms with E-state index in [4.69, 9.17) is 18.6 Å². The first-order valence-corrected chi connectivity index (χ1v) is 9.86. The maximum absolute atomic E-state index is 6.29. The van der Waals surface area contributed by atoms with Gasteiger partial charge in [-0.2, -0.15) is 0 Å². The smallest absolute Gasteiger partial charge is 0.215 e. The van der Waals surface area contributed by atoms with Crippen LogP contribution in [0.5, 0.6) is 17.2 Å². The van der Waals surface area contributed by atoms with Gasteiger partial charge in [-0.1, -0.05) is 0 Å². The highest BCUT2D eigenvalue weighted by Crippen LogP contribution is 2.33. The van der Waals surface area contributed by atoms with Crippen LogP contribution < -0.4 is 29.0 Å². The molecule has 1 N–H and O–H groups in total. The monoisotopic (exact) mass is 396 g/mol. The van der Waals surface area contributed by atoms with Crippen molar-refractivity contribution < 1.29 is 23.5 Å². The molecule has 0 radical (unpaired) electrons. The number of hydrogen-bond acceptors (Lipinski definition) is 4. The predicted octanol–water partition coefficient (Wildman–Crippen LogP) is 1.43. The van der Waals surface area contributed by atoms with Gasteiger partial charge >= 0.3 is 0 Å². The Morgan fingerprint density at radius 3 is 2.31 bits per heavy atom. The molecule has 152 valence electrons. The van der Waals surface area contributed by atoms with Crippen LogP contribution in [0.3, 0.4) is 0 Å². The SMILES string of the molecule is COc1ccc2oc(-c3ccc(OC)c(OC)c3)cc(=[N+]3CC[NH+](C)CC3)c2c1. The highest BCUT2D eigenvalue weighted by atomic mass is 16.5. The summed E-state index contributed by atoms with van der Waals surface area (Å²) in [7, 11) is 7.21. The molecule has 0 atom stereocenters. The fraction of sp³-hybridized carbons (Fsp3) is 0.348. The summed E-state index contributed by atoms with van der Waals surface area (Å²) < 4.78 is 25.0. The summed E-state index contributed by atoms with van der Waals surface area (Å²) in [6.45, 7) is 4.24. The van der Waals surface area contributed by atoms with Crippen molar-refractivity contribution in [2.75, 3.05) is 54.6 Å². The number of methoxy groups -OCH3 is 3. The molecule has 6 nitrogen and oxygen atoms in total. The molecular formula is C23H28N2O4+2. The largest absolute Gasteiger partial charge is 0.497 e. The van der Waals surface area contributed by atoms with Gasteiger partial charge in [-0.3, -0.25) is 0 Å². The Kier molecular flexibility index (Phi) is 5.45. The molecule has 4 rings (SSSR count). The lowest BCUT2D eigenvalue weighted by molar-refractivity contribution is -0.882. The van der Waals surface area contributed by atoms with Crippen LogP contribution in [0.1, 0.15) is 0 Å². The summed E-state index contributed by atoms with van der Waals surface area (Å²) in [5.74, 6) is 3.00. The fourth-order valence-corrected chi connectivity index (χ4v) is 3.80. The summed E-state index contributed by atoms with van der Waals surface area (Å²) in [5, 5.41) is 2.23. The van der Waals surface area contributed by atoms with Crippen molar-refractivity contribution >= 4 is 11.0 Å². The minimum absolute atomic E-state index is 0.680. The second kappa shape index (κ2) is 8.17. The van der Waals surface area contributed by atoms with Crippen LogP contribution in [-0.2, 0) is 0 Å². The highest BCUT2D eigenvalue weighted by Gasteiger charge is 2.21. The maximum atomic E-state index is 6.29. The molecule has 1 aromatic heterocycles. The third-order valence-corrected chi connectivity index (χ3v) is 5.58. The molecule has 0 unspecified atom stereocenters. The van der Waals surface area contributed by atoms with E-state index < -0.39 is 0 Å². The van der Waals surface area contributed by atoms with Crippen molar-refractivity contribution in [3.63, 3.8) is 0 Å². The number of hydrogen-bond donors (Lipinski definition) is 1. The number of nitrogens with one attached hydrogen (secondary N) is 1. The number of likely N-dealkylation sites (N-methyl/N-ethyl adjacent to an activating group) is 1. The van der Waals surface area contributed by atoms with Gasteiger partial charge in [0.05, 0.1) is 39.8 Å². The molecule has 2 aromatic carbocycles. The zero-order valence-electron chi connectivity index (χ0n) is 17.5. The number of ether oxygens (including phenoxy) is 3. The molecule has 0 amide bonds. The normalized spacial score (nSPS) is 16.7. The number of fused-ring (bicyclic) bond motifs is 1. The molecule has 29 heavy (non-hydrogen) atoms. The lowest BCUT2D eigenvalue weighted by Gasteiger charge is -2.18. The van der Waals surface area contributed by atoms with Crippen LogP contribution in [-0.4, -0.2) is 54.6 Å². The molecule has 2 heterocycles. The summed E-state index contributed by atoms with van der Waals surface area (Å²) in [5.41, 5.74) is 1.78. The number of rotatable bonds is 4. The molecule has 1 saturated heterocycles. The van der Waals surface area contributed by atoms with Crippen molar-refractivity contribution in [2.45, 2.75) is 0 Å². The minimum Gasteiger partial charge on any atom is -0.497 e. The molecule has 3 aromatic rings. The first-order valence-electron chi connectivity index (χ1n) is 9.86. The van der Waals surface area contributed by atoms with Gasteiger partial charge in [-0.05, 0) is 36.4 Å². The Hall–Kier alpha value is -2.99. The van der Waals surface area contributed by atoms with Crippen molar-refractivity contribution in [3.8, 4) is 28.6 Å². The van der Waals surface area contributed by atoms with E-state index in [-0.39, 0.29) is 0 Å². The number of nitrogens with zero attached hydrogens (tertiary/aromatic N) is 1. The lowest BCUT2D eigenvalue weighted by atomic mass is 10.1. The van der Waals surface area contributed by atoms with Crippen LogP contribution >= 0.6 is 0 Å². The second-order valence-electron chi connectivity index (χ2n) is 7.37. The van der Waals surface area contributed by atoms with Crippen molar-refractivity contribution in [2.24, 2.45) is 0 Å². The highest BCUT2D eigenvalue weighted by molar-refractivity contribution is 5.80. The third-order valence-electron chi connectivity index (χ3n) is 5.58. The summed E-state index contributed by atoms with van der Waals surface area (Å²) in [6, 6.07) is 13.9. The minimum atomic E-state index is 0.680. The van der Waals surface area contributed by atoms with Crippen LogP contribution in [0.25, 0.3) is 22.3 Å². The number of piperazine rings is 1. The summed E-state index contributed by atoms with van der Waals surface area (Å²) in [4.78, 5) is 1.56. The first-order chi connectivity index (χ1) is 14.1. The Morgan fingerprint density at radius 1 is 0.862 bits per heavy atom. The van der Waals surface area contributed by atoms with Gasteiger partial charge in [0.2, 0.25) is 5.36 Å². The zero-order valence-corrected chi connectivity index (χ0v) is 17.5. The van der Waals surface area contributed by atoms with Crippen LogP contribution in [0, 0.1) is 0 Å². The molecule has 0 aliphatic carbocycles. The Labute approximate surface area is 170 Å². The van der Waals surface area contributed by atoms with Gasteiger partial charge in [0.15, 0.2) is 24.6 Å². The summed E-state index contributed by atoms with van der Waals surface area (Å²) in [6.07, 6.45) is 0. The van der Waals surface area contributed by atoms with Gasteiger partial charge in [0, 0.05) is 5.56 Å². The molecule has 6 heteroatoms. The van der Waals surface area contributed by atoms with E-state index >= 15 is 0 Å². The van der Waals surface area contributed by atoms with Crippen LogP contribution in [0.4, 0.5) is 0 Å². The van der Waals surface area contributed by atoms with Crippen molar-refractivity contribution in [3.05, 3.63) is 47.8 Å². The number of benzene rings is 2. The molecular weight excluding hydrogens is 368 g/mol. The zero-order chi connectivity index (χ0) is 20.4. The maximum Gasteiger partial charge on any atom is 0.215 e. The predicted molar refractivity (Wildman–Crippen MR) is 113 cm³/mol. The average Bonchev–Trinajstić information content (AvgIpc) is 2.78. The molecule has 1 aliphatic rings. The van der Waals surface area contributed by atoms with Gasteiger partial charge in [-0.15, -0.1) is 0 Å². The van der Waals surface area contributed by atoms with Crippen molar-refractivity contribution in [1.29, 1.82) is 0 Å². The number of quaternary nitrogens is 1. The fourth-order valence-electron chi connectivity index (χ4n) is 3.80. The van der Waals surface area contributed by atoms with E-state index in [2.05, 4.69) is 23.8 Å². The summed E-state index contributed by atoms with van der Waals surface area (Å²) >= 11 is 0. The molecule has 1 fully saturated rings. The van der Waals surface area contributed by atoms with Gasteiger partial charge in [0.1, 0.15) is 30.2 Å². The van der Waals surface area contributed by atoms with Gasteiger partial charge in [0.25, 0.3) is 0 Å². The molecule has 0 bridgehead atoms. The third kappa shape index (κ3) is 3.80. The quantitative estimate of drug-likeness (QED) is 0.678. The van der Waals surface area contributed by atoms with E-state index in [1.54, 1.807) is 26.2 Å². The molecule has 1 aliphatic heterocycles. The standard InChI is InChI=1S/C23H27N2O4/c1-24-9-11-25(12-10-24)19-15-22(16-5-7-21(27-3)23(13-16)28-4)29-20-8-6-17(26-2)14-18(19)20/h5-8,13-15H,9-12H2,1-4H3/q+1/p+1. The van der Waals surface area contributed by atoms with Gasteiger partial charge in [-0.25, -0.2) is 4.58 Å². The van der Waals surface area contributed by atoms with Crippen molar-refractivity contribution in [1.82, 2.24) is 4.58 Å². The Bertz CT molecular complexity index is 1090. The molecule has 0 saturated carbocycles. The van der Waals surface area contributed by atoms with E-state index in [0.717, 1.165) is 54.2 Å². The first kappa shape index (κ1) is 19.3. The van der Waals surface area contributed by atoms with Crippen LogP contribution in [0.2, 0.25) is 0 Å². The van der Waals surface area contributed by atoms with E-state index in [9.17, 15) is 0 Å². The van der Waals surface area contributed by atoms with Gasteiger partial charge < -0.3 is 23.5 Å². The Balaban J connectivity index is 1.94. The van der Waals surface area contributed by atoms with E-state index in [1.165, 1.54) is 5.36 Å². The topological polar surface area (TPSA) is 48.3 Å². The Morgan fingerprint density at radius 2 is 1.62 bits per heavy atom. The van der Waals surface area contributed by atoms with Crippen LogP contribution in [0.15, 0.2) is 46.9 Å². The molecule has 0 spiro atoms. The lowest BCUT2D eigenvalue weighted by Crippen LogP contribution is -3.12. The second-order valence-corrected chi connectivity index (χ2v) is 7.37. The van der Waals surface area contributed by atoms with E-state index in [1.807, 2.05) is 30.3 Å². The average molecular weight is 396 g/mol. The van der Waals surface area contributed by atoms with E-state index in [0.29, 0.717) is 11.5 Å².